The average molecular weight is 516 g/mol. The highest BCUT2D eigenvalue weighted by Gasteiger charge is 2.40. The van der Waals surface area contributed by atoms with E-state index >= 15 is 0 Å². The van der Waals surface area contributed by atoms with Gasteiger partial charge in [-0.3, -0.25) is 9.59 Å². The van der Waals surface area contributed by atoms with Crippen LogP contribution in [0.25, 0.3) is 0 Å². The molecule has 0 spiro atoms. The van der Waals surface area contributed by atoms with Crippen LogP contribution in [0.3, 0.4) is 0 Å². The molecule has 35 heavy (non-hydrogen) atoms. The molecule has 3 aliphatic rings. The summed E-state index contributed by atoms with van der Waals surface area (Å²) in [6.45, 7) is 5.38. The SMILES string of the molecule is Cc1ccsc1CCNC(=O)C1CCN(S(=O)(=O)c2ccc3c(c2)C[C@H](C)N3C(=O)C2CC2)CC1. The molecule has 1 aliphatic carbocycles. The van der Waals surface area contributed by atoms with E-state index < -0.39 is 10.0 Å². The molecule has 188 valence electrons. The highest BCUT2D eigenvalue weighted by molar-refractivity contribution is 7.89. The normalized spacial score (nSPS) is 21.2. The van der Waals surface area contributed by atoms with Gasteiger partial charge in [0, 0.05) is 48.1 Å². The lowest BCUT2D eigenvalue weighted by molar-refractivity contribution is -0.126. The van der Waals surface area contributed by atoms with Gasteiger partial charge in [0.05, 0.1) is 4.90 Å². The number of nitrogens with one attached hydrogen (secondary N) is 1. The van der Waals surface area contributed by atoms with E-state index in [2.05, 4.69) is 23.7 Å². The fourth-order valence-corrected chi connectivity index (χ4v) is 7.67. The van der Waals surface area contributed by atoms with Crippen molar-refractivity contribution in [3.05, 3.63) is 45.6 Å². The molecule has 3 heterocycles. The van der Waals surface area contributed by atoms with Crippen LogP contribution in [0.5, 0.6) is 0 Å². The first kappa shape index (κ1) is 24.5. The van der Waals surface area contributed by atoms with E-state index in [1.165, 1.54) is 14.7 Å². The van der Waals surface area contributed by atoms with Crippen molar-refractivity contribution in [2.75, 3.05) is 24.5 Å². The predicted molar refractivity (Wildman–Crippen MR) is 137 cm³/mol. The third-order valence-corrected chi connectivity index (χ3v) is 10.5. The number of carbonyl (C=O) groups is 2. The molecule has 2 fully saturated rings. The lowest BCUT2D eigenvalue weighted by Gasteiger charge is -2.30. The molecule has 2 amide bonds. The van der Waals surface area contributed by atoms with Crippen LogP contribution >= 0.6 is 11.3 Å². The first-order valence-electron chi connectivity index (χ1n) is 12.5. The van der Waals surface area contributed by atoms with Gasteiger partial charge in [0.15, 0.2) is 0 Å². The van der Waals surface area contributed by atoms with Gasteiger partial charge in [0.1, 0.15) is 0 Å². The molecular weight excluding hydrogens is 482 g/mol. The molecule has 9 heteroatoms. The molecule has 1 saturated carbocycles. The Morgan fingerprint density at radius 3 is 2.49 bits per heavy atom. The van der Waals surface area contributed by atoms with Gasteiger partial charge >= 0.3 is 0 Å². The highest BCUT2D eigenvalue weighted by Crippen LogP contribution is 2.40. The molecule has 1 aromatic heterocycles. The fourth-order valence-electron chi connectivity index (χ4n) is 5.24. The topological polar surface area (TPSA) is 86.8 Å². The Hall–Kier alpha value is -2.23. The van der Waals surface area contributed by atoms with Crippen molar-refractivity contribution in [1.29, 1.82) is 0 Å². The van der Waals surface area contributed by atoms with Gasteiger partial charge in [0.2, 0.25) is 21.8 Å². The van der Waals surface area contributed by atoms with Crippen molar-refractivity contribution in [2.24, 2.45) is 11.8 Å². The van der Waals surface area contributed by atoms with Crippen molar-refractivity contribution in [2.45, 2.75) is 63.3 Å². The zero-order valence-electron chi connectivity index (χ0n) is 20.3. The van der Waals surface area contributed by atoms with Crippen LogP contribution in [0.4, 0.5) is 5.69 Å². The minimum absolute atomic E-state index is 0.0168. The molecule has 1 N–H and O–H groups in total. The van der Waals surface area contributed by atoms with Gasteiger partial charge in [-0.1, -0.05) is 0 Å². The number of thiophene rings is 1. The number of benzene rings is 1. The second-order valence-corrected chi connectivity index (χ2v) is 13.0. The van der Waals surface area contributed by atoms with Gasteiger partial charge in [0.25, 0.3) is 0 Å². The fraction of sp³-hybridized carbons (Fsp3) is 0.538. The molecule has 0 radical (unpaired) electrons. The van der Waals surface area contributed by atoms with E-state index in [1.54, 1.807) is 29.5 Å². The quantitative estimate of drug-likeness (QED) is 0.612. The first-order valence-corrected chi connectivity index (χ1v) is 14.8. The molecule has 2 aromatic rings. The molecule has 2 aliphatic heterocycles. The zero-order valence-corrected chi connectivity index (χ0v) is 22.0. The van der Waals surface area contributed by atoms with Gasteiger partial charge in [-0.2, -0.15) is 4.31 Å². The maximum Gasteiger partial charge on any atom is 0.243 e. The van der Waals surface area contributed by atoms with Gasteiger partial charge in [-0.25, -0.2) is 8.42 Å². The third-order valence-electron chi connectivity index (χ3n) is 7.51. The summed E-state index contributed by atoms with van der Waals surface area (Å²) < 4.78 is 28.2. The largest absolute Gasteiger partial charge is 0.355 e. The Morgan fingerprint density at radius 2 is 1.83 bits per heavy atom. The minimum atomic E-state index is -3.64. The number of amides is 2. The Kier molecular flexibility index (Phi) is 6.76. The zero-order chi connectivity index (χ0) is 24.7. The summed E-state index contributed by atoms with van der Waals surface area (Å²) in [7, 11) is -3.64. The van der Waals surface area contributed by atoms with Crippen LogP contribution in [0.15, 0.2) is 34.5 Å². The van der Waals surface area contributed by atoms with Crippen molar-refractivity contribution in [1.82, 2.24) is 9.62 Å². The molecule has 1 saturated heterocycles. The number of hydrogen-bond acceptors (Lipinski definition) is 5. The second-order valence-electron chi connectivity index (χ2n) is 10.1. The van der Waals surface area contributed by atoms with E-state index in [0.717, 1.165) is 30.5 Å². The predicted octanol–water partition coefficient (Wildman–Crippen LogP) is 3.50. The Bertz CT molecular complexity index is 1230. The summed E-state index contributed by atoms with van der Waals surface area (Å²) in [5, 5.41) is 5.09. The summed E-state index contributed by atoms with van der Waals surface area (Å²) in [5.41, 5.74) is 3.02. The van der Waals surface area contributed by atoms with Crippen molar-refractivity contribution in [3.8, 4) is 0 Å². The van der Waals surface area contributed by atoms with Crippen molar-refractivity contribution >= 4 is 38.9 Å². The van der Waals surface area contributed by atoms with E-state index in [0.29, 0.717) is 38.9 Å². The van der Waals surface area contributed by atoms with E-state index in [4.69, 9.17) is 0 Å². The van der Waals surface area contributed by atoms with Crippen LogP contribution < -0.4 is 10.2 Å². The summed E-state index contributed by atoms with van der Waals surface area (Å²) in [6.07, 6.45) is 4.44. The molecule has 7 nitrogen and oxygen atoms in total. The van der Waals surface area contributed by atoms with Crippen LogP contribution in [0.2, 0.25) is 0 Å². The summed E-state index contributed by atoms with van der Waals surface area (Å²) in [4.78, 5) is 28.7. The Morgan fingerprint density at radius 1 is 1.09 bits per heavy atom. The number of anilines is 1. The van der Waals surface area contributed by atoms with Crippen molar-refractivity contribution < 1.29 is 18.0 Å². The maximum atomic E-state index is 13.4. The minimum Gasteiger partial charge on any atom is -0.355 e. The summed E-state index contributed by atoms with van der Waals surface area (Å²) in [6, 6.07) is 7.30. The molecule has 1 atom stereocenters. The molecule has 0 bridgehead atoms. The number of piperidine rings is 1. The number of nitrogens with zero attached hydrogens (tertiary/aromatic N) is 2. The lowest BCUT2D eigenvalue weighted by Crippen LogP contribution is -2.43. The average Bonchev–Trinajstić information content (AvgIpc) is 3.54. The summed E-state index contributed by atoms with van der Waals surface area (Å²) >= 11 is 1.71. The molecular formula is C26H33N3O4S2. The van der Waals surface area contributed by atoms with Gasteiger partial charge in [-0.15, -0.1) is 11.3 Å². The van der Waals surface area contributed by atoms with E-state index in [9.17, 15) is 18.0 Å². The van der Waals surface area contributed by atoms with Crippen LogP contribution in [-0.2, 0) is 32.5 Å². The number of carbonyl (C=O) groups excluding carboxylic acids is 2. The van der Waals surface area contributed by atoms with Crippen molar-refractivity contribution in [3.63, 3.8) is 0 Å². The van der Waals surface area contributed by atoms with Gasteiger partial charge < -0.3 is 10.2 Å². The standard InChI is InChI=1S/C26H33N3O4S2/c1-17-10-14-34-24(17)7-11-27-25(30)19-8-12-28(13-9-19)35(32,33)22-5-6-23-21(16-22)15-18(2)29(23)26(31)20-3-4-20/h5-6,10,14,16,18-20H,3-4,7-9,11-13,15H2,1-2H3,(H,27,30)/t18-/m0/s1. The molecule has 5 rings (SSSR count). The Balaban J connectivity index is 1.18. The lowest BCUT2D eigenvalue weighted by atomic mass is 9.97. The van der Waals surface area contributed by atoms with Crippen LogP contribution in [0.1, 0.15) is 48.6 Å². The number of rotatable bonds is 7. The van der Waals surface area contributed by atoms with Gasteiger partial charge in [-0.05, 0) is 93.1 Å². The van der Waals surface area contributed by atoms with Crippen LogP contribution in [0, 0.1) is 18.8 Å². The molecule has 1 aromatic carbocycles. The van der Waals surface area contributed by atoms with E-state index in [1.807, 2.05) is 11.8 Å². The highest BCUT2D eigenvalue weighted by atomic mass is 32.2. The Labute approximate surface area is 211 Å². The first-order chi connectivity index (χ1) is 16.8. The van der Waals surface area contributed by atoms with E-state index in [-0.39, 0.29) is 34.6 Å². The smallest absolute Gasteiger partial charge is 0.243 e. The van der Waals surface area contributed by atoms with Crippen LogP contribution in [-0.4, -0.2) is 50.2 Å². The number of hydrogen-bond donors (Lipinski definition) is 1. The number of sulfonamides is 1. The summed E-state index contributed by atoms with van der Waals surface area (Å²) in [5.74, 6) is 0.153. The second kappa shape index (κ2) is 9.67. The third kappa shape index (κ3) is 4.90. The maximum absolute atomic E-state index is 13.4. The number of aryl methyl sites for hydroxylation is 1. The molecule has 0 unspecified atom stereocenters. The monoisotopic (exact) mass is 515 g/mol. The number of fused-ring (bicyclic) bond motifs is 1.